The van der Waals surface area contributed by atoms with Gasteiger partial charge in [0.25, 0.3) is 0 Å². The van der Waals surface area contributed by atoms with Crippen LogP contribution in [0.2, 0.25) is 0 Å². The first-order valence-corrected chi connectivity index (χ1v) is 2.34. The van der Waals surface area contributed by atoms with Crippen molar-refractivity contribution in [3.8, 4) is 0 Å². The number of carboxylic acids is 1. The average molecular weight is 116 g/mol. The highest BCUT2D eigenvalue weighted by Gasteiger charge is 2.03. The largest absolute Gasteiger partial charge is 0.481 e. The van der Waals surface area contributed by atoms with Gasteiger partial charge in [0.2, 0.25) is 0 Å². The van der Waals surface area contributed by atoms with Gasteiger partial charge in [-0.25, -0.2) is 0 Å². The fourth-order valence-corrected chi connectivity index (χ4v) is 0.324. The molecule has 0 amide bonds. The van der Waals surface area contributed by atoms with Crippen molar-refractivity contribution in [1.82, 2.24) is 0 Å². The zero-order chi connectivity index (χ0) is 6.57. The molecule has 0 aliphatic rings. The first-order chi connectivity index (χ1) is 3.66. The van der Waals surface area contributed by atoms with E-state index in [-0.39, 0.29) is 12.3 Å². The van der Waals surface area contributed by atoms with E-state index in [2.05, 4.69) is 0 Å². The van der Waals surface area contributed by atoms with Gasteiger partial charge >= 0.3 is 5.97 Å². The molecular weight excluding hydrogens is 108 g/mol. The van der Waals surface area contributed by atoms with E-state index in [0.717, 1.165) is 0 Å². The Morgan fingerprint density at radius 2 is 2.38 bits per heavy atom. The molecule has 1 atom stereocenters. The fourth-order valence-electron chi connectivity index (χ4n) is 0.324. The van der Waals surface area contributed by atoms with E-state index < -0.39 is 5.97 Å². The molecule has 0 saturated heterocycles. The van der Waals surface area contributed by atoms with Crippen LogP contribution in [0, 0.1) is 5.92 Å². The number of carbonyl (C=O) groups is 2. The molecule has 3 heteroatoms. The molecule has 0 bridgehead atoms. The Balaban J connectivity index is 3.38. The van der Waals surface area contributed by atoms with Crippen molar-refractivity contribution in [2.75, 3.05) is 0 Å². The third-order valence-corrected chi connectivity index (χ3v) is 0.729. The SMILES string of the molecule is CC(C=O)CC(=O)O. The van der Waals surface area contributed by atoms with E-state index in [9.17, 15) is 9.59 Å². The van der Waals surface area contributed by atoms with Gasteiger partial charge in [0.15, 0.2) is 0 Å². The van der Waals surface area contributed by atoms with E-state index in [0.29, 0.717) is 6.29 Å². The lowest BCUT2D eigenvalue weighted by Crippen LogP contribution is -2.04. The van der Waals surface area contributed by atoms with Crippen LogP contribution in [0.15, 0.2) is 0 Å². The summed E-state index contributed by atoms with van der Waals surface area (Å²) in [6, 6.07) is 0. The minimum atomic E-state index is -0.926. The third-order valence-electron chi connectivity index (χ3n) is 0.729. The highest BCUT2D eigenvalue weighted by Crippen LogP contribution is 1.94. The Morgan fingerprint density at radius 1 is 1.88 bits per heavy atom. The lowest BCUT2D eigenvalue weighted by atomic mass is 10.1. The summed E-state index contributed by atoms with van der Waals surface area (Å²) >= 11 is 0. The van der Waals surface area contributed by atoms with Crippen LogP contribution < -0.4 is 0 Å². The highest BCUT2D eigenvalue weighted by molar-refractivity contribution is 5.71. The van der Waals surface area contributed by atoms with Crippen molar-refractivity contribution in [1.29, 1.82) is 0 Å². The van der Waals surface area contributed by atoms with Crippen LogP contribution in [0.5, 0.6) is 0 Å². The molecule has 3 nitrogen and oxygen atoms in total. The molecule has 46 valence electrons. The summed E-state index contributed by atoms with van der Waals surface area (Å²) in [5, 5.41) is 8.06. The third kappa shape index (κ3) is 3.33. The molecule has 0 heterocycles. The second-order valence-electron chi connectivity index (χ2n) is 1.71. The molecule has 0 rings (SSSR count). The number of carboxylic acid groups (broad SMARTS) is 1. The molecule has 0 aromatic rings. The van der Waals surface area contributed by atoms with Crippen LogP contribution in [0.4, 0.5) is 0 Å². The smallest absolute Gasteiger partial charge is 0.304 e. The van der Waals surface area contributed by atoms with Crippen LogP contribution in [-0.2, 0) is 9.59 Å². The van der Waals surface area contributed by atoms with Crippen molar-refractivity contribution in [2.45, 2.75) is 13.3 Å². The Kier molecular flexibility index (Phi) is 2.84. The summed E-state index contributed by atoms with van der Waals surface area (Å²) < 4.78 is 0. The Morgan fingerprint density at radius 3 is 2.50 bits per heavy atom. The minimum absolute atomic E-state index is 0.0660. The van der Waals surface area contributed by atoms with Crippen LogP contribution in [0.25, 0.3) is 0 Å². The highest BCUT2D eigenvalue weighted by atomic mass is 16.4. The van der Waals surface area contributed by atoms with Crippen molar-refractivity contribution in [3.05, 3.63) is 0 Å². The fraction of sp³-hybridized carbons (Fsp3) is 0.600. The predicted octanol–water partition coefficient (Wildman–Crippen LogP) is 0.296. The Bertz CT molecular complexity index is 97.8. The molecular formula is C5H8O3. The number of aliphatic carboxylic acids is 1. The zero-order valence-electron chi connectivity index (χ0n) is 4.63. The summed E-state index contributed by atoms with van der Waals surface area (Å²) in [6.07, 6.45) is 0.567. The van der Waals surface area contributed by atoms with E-state index in [1.165, 1.54) is 0 Å². The number of rotatable bonds is 3. The van der Waals surface area contributed by atoms with Gasteiger partial charge in [0, 0.05) is 5.92 Å². The molecule has 1 unspecified atom stereocenters. The van der Waals surface area contributed by atoms with E-state index in [1.54, 1.807) is 6.92 Å². The quantitative estimate of drug-likeness (QED) is 0.539. The number of hydrogen-bond donors (Lipinski definition) is 1. The molecule has 1 N–H and O–H groups in total. The molecule has 8 heavy (non-hydrogen) atoms. The maximum Gasteiger partial charge on any atom is 0.304 e. The lowest BCUT2D eigenvalue weighted by Gasteiger charge is -1.93. The van der Waals surface area contributed by atoms with Gasteiger partial charge in [0.1, 0.15) is 6.29 Å². The summed E-state index contributed by atoms with van der Waals surface area (Å²) in [5.41, 5.74) is 0. The van der Waals surface area contributed by atoms with Gasteiger partial charge in [-0.1, -0.05) is 6.92 Å². The monoisotopic (exact) mass is 116 g/mol. The Hall–Kier alpha value is -0.860. The lowest BCUT2D eigenvalue weighted by molar-refractivity contribution is -0.139. The second kappa shape index (κ2) is 3.18. The molecule has 0 fully saturated rings. The van der Waals surface area contributed by atoms with Crippen LogP contribution >= 0.6 is 0 Å². The molecule has 0 aromatic carbocycles. The maximum atomic E-state index is 9.81. The van der Waals surface area contributed by atoms with Gasteiger partial charge < -0.3 is 9.90 Å². The number of carbonyl (C=O) groups excluding carboxylic acids is 1. The zero-order valence-corrected chi connectivity index (χ0v) is 4.63. The van der Waals surface area contributed by atoms with Gasteiger partial charge in [-0.15, -0.1) is 0 Å². The van der Waals surface area contributed by atoms with Crippen LogP contribution in [-0.4, -0.2) is 17.4 Å². The van der Waals surface area contributed by atoms with Gasteiger partial charge in [-0.2, -0.15) is 0 Å². The van der Waals surface area contributed by atoms with Crippen LogP contribution in [0.1, 0.15) is 13.3 Å². The second-order valence-corrected chi connectivity index (χ2v) is 1.71. The van der Waals surface area contributed by atoms with Gasteiger partial charge in [-0.3, -0.25) is 4.79 Å². The molecule has 0 radical (unpaired) electrons. The molecule has 0 aliphatic heterocycles. The van der Waals surface area contributed by atoms with Crippen molar-refractivity contribution < 1.29 is 14.7 Å². The van der Waals surface area contributed by atoms with Crippen molar-refractivity contribution in [2.24, 2.45) is 5.92 Å². The summed E-state index contributed by atoms with van der Waals surface area (Å²) in [4.78, 5) is 19.6. The van der Waals surface area contributed by atoms with Gasteiger partial charge in [-0.05, 0) is 0 Å². The van der Waals surface area contributed by atoms with E-state index in [1.807, 2.05) is 0 Å². The maximum absolute atomic E-state index is 9.81. The topological polar surface area (TPSA) is 54.4 Å². The summed E-state index contributed by atoms with van der Waals surface area (Å²) in [6.45, 7) is 1.57. The first kappa shape index (κ1) is 7.14. The molecule has 0 aromatic heterocycles. The number of hydrogen-bond acceptors (Lipinski definition) is 2. The summed E-state index contributed by atoms with van der Waals surface area (Å²) in [7, 11) is 0. The minimum Gasteiger partial charge on any atom is -0.481 e. The van der Waals surface area contributed by atoms with E-state index in [4.69, 9.17) is 5.11 Å². The first-order valence-electron chi connectivity index (χ1n) is 2.34. The standard InChI is InChI=1S/C5H8O3/c1-4(3-6)2-5(7)8/h3-4H,2H2,1H3,(H,7,8). The van der Waals surface area contributed by atoms with E-state index >= 15 is 0 Å². The number of aldehydes is 1. The van der Waals surface area contributed by atoms with Gasteiger partial charge in [0.05, 0.1) is 6.42 Å². The molecule has 0 saturated carbocycles. The predicted molar refractivity (Wildman–Crippen MR) is 27.5 cm³/mol. The van der Waals surface area contributed by atoms with Crippen molar-refractivity contribution in [3.63, 3.8) is 0 Å². The Labute approximate surface area is 47.3 Å². The average Bonchev–Trinajstić information content (AvgIpc) is 1.65. The molecule has 0 aliphatic carbocycles. The van der Waals surface area contributed by atoms with Crippen molar-refractivity contribution >= 4 is 12.3 Å². The summed E-state index contributed by atoms with van der Waals surface area (Å²) in [5.74, 6) is -1.28. The molecule has 0 spiro atoms. The normalized spacial score (nSPS) is 12.6. The van der Waals surface area contributed by atoms with Crippen LogP contribution in [0.3, 0.4) is 0 Å².